The third kappa shape index (κ3) is 2.81. The summed E-state index contributed by atoms with van der Waals surface area (Å²) in [5.74, 6) is 1.16. The van der Waals surface area contributed by atoms with Crippen LogP contribution < -0.4 is 5.32 Å². The van der Waals surface area contributed by atoms with Gasteiger partial charge in [0.25, 0.3) is 0 Å². The molecule has 1 saturated carbocycles. The van der Waals surface area contributed by atoms with Gasteiger partial charge in [-0.1, -0.05) is 11.6 Å². The maximum atomic E-state index is 15.1. The van der Waals surface area contributed by atoms with Crippen LogP contribution in [0.2, 0.25) is 5.15 Å². The number of ether oxygens (including phenoxy) is 1. The van der Waals surface area contributed by atoms with Crippen molar-refractivity contribution in [2.75, 3.05) is 18.5 Å². The Morgan fingerprint density at radius 1 is 1.27 bits per heavy atom. The Morgan fingerprint density at radius 3 is 2.81 bits per heavy atom. The molecule has 1 aliphatic carbocycles. The molecule has 2 fully saturated rings. The van der Waals surface area contributed by atoms with Crippen molar-refractivity contribution >= 4 is 23.1 Å². The van der Waals surface area contributed by atoms with Crippen LogP contribution in [0.15, 0.2) is 30.9 Å². The van der Waals surface area contributed by atoms with E-state index in [1.807, 2.05) is 16.7 Å². The van der Waals surface area contributed by atoms with Gasteiger partial charge in [0.1, 0.15) is 22.9 Å². The van der Waals surface area contributed by atoms with Crippen molar-refractivity contribution < 1.29 is 9.13 Å². The summed E-state index contributed by atoms with van der Waals surface area (Å²) < 4.78 is 22.2. The van der Waals surface area contributed by atoms with E-state index in [0.29, 0.717) is 34.6 Å². The summed E-state index contributed by atoms with van der Waals surface area (Å²) in [5, 5.41) is 3.54. The smallest absolute Gasteiger partial charge is 0.185 e. The van der Waals surface area contributed by atoms with E-state index in [-0.39, 0.29) is 13.2 Å². The van der Waals surface area contributed by atoms with Crippen LogP contribution in [0.1, 0.15) is 35.6 Å². The van der Waals surface area contributed by atoms with E-state index in [1.54, 1.807) is 6.07 Å². The Labute approximate surface area is 154 Å². The number of aromatic nitrogens is 4. The summed E-state index contributed by atoms with van der Waals surface area (Å²) in [6.45, 7) is 0.649. The van der Waals surface area contributed by atoms with Gasteiger partial charge in [-0.25, -0.2) is 19.3 Å². The summed E-state index contributed by atoms with van der Waals surface area (Å²) in [6.07, 6.45) is 7.73. The van der Waals surface area contributed by atoms with E-state index in [4.69, 9.17) is 16.3 Å². The van der Waals surface area contributed by atoms with Gasteiger partial charge < -0.3 is 14.5 Å². The molecular weight excluding hydrogens is 357 g/mol. The minimum Gasteiger partial charge on any atom is -0.374 e. The van der Waals surface area contributed by atoms with Gasteiger partial charge in [-0.2, -0.15) is 0 Å². The predicted molar refractivity (Wildman–Crippen MR) is 95.1 cm³/mol. The number of alkyl halides is 1. The highest BCUT2D eigenvalue weighted by molar-refractivity contribution is 6.29. The molecule has 3 aromatic heterocycles. The molecule has 0 aromatic carbocycles. The van der Waals surface area contributed by atoms with E-state index >= 15 is 4.39 Å². The third-order valence-electron chi connectivity index (χ3n) is 4.90. The molecule has 0 bridgehead atoms. The number of pyridine rings is 1. The molecule has 3 aromatic rings. The number of nitrogens with one attached hydrogen (secondary N) is 1. The Hall–Kier alpha value is -2.25. The van der Waals surface area contributed by atoms with Crippen LogP contribution in [0.3, 0.4) is 0 Å². The van der Waals surface area contributed by atoms with Gasteiger partial charge in [0, 0.05) is 24.0 Å². The molecule has 1 aliphatic heterocycles. The predicted octanol–water partition coefficient (Wildman–Crippen LogP) is 3.46. The van der Waals surface area contributed by atoms with Crippen molar-refractivity contribution in [3.8, 4) is 0 Å². The molecule has 1 N–H and O–H groups in total. The molecule has 5 rings (SSSR count). The van der Waals surface area contributed by atoms with E-state index in [0.717, 1.165) is 18.5 Å². The van der Waals surface area contributed by atoms with Crippen LogP contribution in [0, 0.1) is 0 Å². The van der Waals surface area contributed by atoms with Crippen LogP contribution in [-0.2, 0) is 17.0 Å². The van der Waals surface area contributed by atoms with E-state index in [9.17, 15) is 0 Å². The Balaban J connectivity index is 1.48. The fraction of sp³-hybridized carbons (Fsp3) is 0.389. The van der Waals surface area contributed by atoms with Crippen molar-refractivity contribution in [1.82, 2.24) is 19.4 Å². The molecule has 2 aliphatic rings. The minimum atomic E-state index is -1.44. The van der Waals surface area contributed by atoms with Crippen LogP contribution >= 0.6 is 11.6 Å². The first-order valence-corrected chi connectivity index (χ1v) is 8.99. The van der Waals surface area contributed by atoms with Crippen LogP contribution in [0.25, 0.3) is 5.65 Å². The maximum Gasteiger partial charge on any atom is 0.185 e. The van der Waals surface area contributed by atoms with Crippen molar-refractivity contribution in [3.05, 3.63) is 52.8 Å². The summed E-state index contributed by atoms with van der Waals surface area (Å²) in [7, 11) is 0. The highest BCUT2D eigenvalue weighted by Crippen LogP contribution is 2.43. The molecule has 26 heavy (non-hydrogen) atoms. The molecule has 8 heteroatoms. The van der Waals surface area contributed by atoms with Crippen LogP contribution in [0.5, 0.6) is 0 Å². The molecule has 0 radical (unpaired) electrons. The normalized spacial score (nSPS) is 18.7. The van der Waals surface area contributed by atoms with Crippen LogP contribution in [-0.4, -0.2) is 32.6 Å². The quantitative estimate of drug-likeness (QED) is 0.694. The topological polar surface area (TPSA) is 64.3 Å². The zero-order valence-electron chi connectivity index (χ0n) is 14.0. The first-order valence-electron chi connectivity index (χ1n) is 8.61. The zero-order valence-corrected chi connectivity index (χ0v) is 14.7. The fourth-order valence-electron chi connectivity index (χ4n) is 3.27. The number of hydrogen-bond acceptors (Lipinski definition) is 5. The number of hydrogen-bond donors (Lipinski definition) is 1. The highest BCUT2D eigenvalue weighted by atomic mass is 35.5. The maximum absolute atomic E-state index is 15.1. The van der Waals surface area contributed by atoms with Gasteiger partial charge in [-0.3, -0.25) is 0 Å². The lowest BCUT2D eigenvalue weighted by molar-refractivity contribution is -0.134. The summed E-state index contributed by atoms with van der Waals surface area (Å²) >= 11 is 5.87. The molecular formula is C18H17ClFN5O. The van der Waals surface area contributed by atoms with E-state index < -0.39 is 5.67 Å². The summed E-state index contributed by atoms with van der Waals surface area (Å²) in [4.78, 5) is 12.6. The number of rotatable bonds is 5. The number of halogens is 2. The Kier molecular flexibility index (Phi) is 3.62. The van der Waals surface area contributed by atoms with E-state index in [1.165, 1.54) is 11.9 Å². The Morgan fingerprint density at radius 2 is 2.12 bits per heavy atom. The van der Waals surface area contributed by atoms with Crippen molar-refractivity contribution in [3.63, 3.8) is 0 Å². The van der Waals surface area contributed by atoms with Gasteiger partial charge in [0.05, 0.1) is 25.5 Å². The SMILES string of the molecule is FC1(c2cc(C3CC3)cn3cc(CNc4cc(Cl)ncn4)nc23)COC1. The molecule has 6 nitrogen and oxygen atoms in total. The number of fused-ring (bicyclic) bond motifs is 1. The van der Waals surface area contributed by atoms with Gasteiger partial charge in [-0.05, 0) is 30.4 Å². The summed E-state index contributed by atoms with van der Waals surface area (Å²) in [5.41, 5.74) is 1.82. The molecule has 0 atom stereocenters. The molecule has 1 saturated heterocycles. The number of nitrogens with zero attached hydrogens (tertiary/aromatic N) is 4. The lowest BCUT2D eigenvalue weighted by atomic mass is 9.93. The minimum absolute atomic E-state index is 0.0939. The second kappa shape index (κ2) is 5.89. The second-order valence-electron chi connectivity index (χ2n) is 6.96. The van der Waals surface area contributed by atoms with Crippen molar-refractivity contribution in [1.29, 1.82) is 0 Å². The highest BCUT2D eigenvalue weighted by Gasteiger charge is 2.43. The second-order valence-corrected chi connectivity index (χ2v) is 7.35. The fourth-order valence-corrected chi connectivity index (χ4v) is 3.42. The average molecular weight is 374 g/mol. The van der Waals surface area contributed by atoms with Crippen molar-refractivity contribution in [2.45, 2.75) is 31.0 Å². The largest absolute Gasteiger partial charge is 0.374 e. The molecule has 0 spiro atoms. The van der Waals surface area contributed by atoms with Gasteiger partial charge in [-0.15, -0.1) is 0 Å². The van der Waals surface area contributed by atoms with Crippen LogP contribution in [0.4, 0.5) is 10.2 Å². The average Bonchev–Trinajstić information content (AvgIpc) is 3.37. The number of anilines is 1. The van der Waals surface area contributed by atoms with E-state index in [2.05, 4.69) is 26.5 Å². The monoisotopic (exact) mass is 373 g/mol. The first-order chi connectivity index (χ1) is 12.6. The van der Waals surface area contributed by atoms with Gasteiger partial charge in [0.15, 0.2) is 5.67 Å². The lowest BCUT2D eigenvalue weighted by Gasteiger charge is -2.34. The molecule has 4 heterocycles. The zero-order chi connectivity index (χ0) is 17.7. The Bertz CT molecular complexity index is 983. The third-order valence-corrected chi connectivity index (χ3v) is 5.11. The number of imidazole rings is 1. The molecule has 0 amide bonds. The molecule has 134 valence electrons. The standard InChI is InChI=1S/C18H17ClFN5O/c19-15-4-16(23-10-22-15)21-5-13-7-25-6-12(11-1-2-11)3-14(17(25)24-13)18(20)8-26-9-18/h3-4,6-7,10-11H,1-2,5,8-9H2,(H,21,22,23). The molecule has 0 unspecified atom stereocenters. The lowest BCUT2D eigenvalue weighted by Crippen LogP contribution is -2.43. The summed E-state index contributed by atoms with van der Waals surface area (Å²) in [6, 6.07) is 3.63. The van der Waals surface area contributed by atoms with Gasteiger partial charge in [0.2, 0.25) is 0 Å². The van der Waals surface area contributed by atoms with Crippen molar-refractivity contribution in [2.24, 2.45) is 0 Å². The van der Waals surface area contributed by atoms with Gasteiger partial charge >= 0.3 is 0 Å². The first kappa shape index (κ1) is 16.0.